The van der Waals surface area contributed by atoms with Crippen molar-refractivity contribution in [2.24, 2.45) is 5.92 Å². The predicted molar refractivity (Wildman–Crippen MR) is 94.9 cm³/mol. The average Bonchev–Trinajstić information content (AvgIpc) is 2.52. The molecule has 1 aromatic carbocycles. The molecule has 5 nitrogen and oxygen atoms in total. The van der Waals surface area contributed by atoms with Crippen molar-refractivity contribution in [2.45, 2.75) is 38.9 Å². The zero-order chi connectivity index (χ0) is 16.8. The highest BCUT2D eigenvalue weighted by Crippen LogP contribution is 2.18. The third-order valence-electron chi connectivity index (χ3n) is 3.46. The molecule has 0 fully saturated rings. The summed E-state index contributed by atoms with van der Waals surface area (Å²) >= 11 is 1.32. The van der Waals surface area contributed by atoms with Crippen molar-refractivity contribution in [3.05, 3.63) is 34.6 Å². The number of para-hydroxylation sites is 1. The fourth-order valence-electron chi connectivity index (χ4n) is 2.22. The first-order valence-electron chi connectivity index (χ1n) is 7.92. The van der Waals surface area contributed by atoms with Gasteiger partial charge in [0, 0.05) is 13.1 Å². The summed E-state index contributed by atoms with van der Waals surface area (Å²) in [7, 11) is 0. The molecule has 1 aromatic heterocycles. The SMILES string of the molecule is CCNC(=O)CSc1nc2ccccc2c(=O)n1CCC(C)C. The molecule has 0 saturated heterocycles. The van der Waals surface area contributed by atoms with Crippen LogP contribution in [0.25, 0.3) is 10.9 Å². The molecule has 0 aliphatic rings. The van der Waals surface area contributed by atoms with Gasteiger partial charge in [-0.15, -0.1) is 0 Å². The maximum absolute atomic E-state index is 12.7. The molecule has 1 heterocycles. The van der Waals surface area contributed by atoms with Crippen LogP contribution in [0.2, 0.25) is 0 Å². The van der Waals surface area contributed by atoms with Gasteiger partial charge in [-0.05, 0) is 31.4 Å². The summed E-state index contributed by atoms with van der Waals surface area (Å²) in [5.41, 5.74) is 0.645. The second-order valence-corrected chi connectivity index (χ2v) is 6.74. The van der Waals surface area contributed by atoms with E-state index in [1.165, 1.54) is 11.8 Å². The Hall–Kier alpha value is -1.82. The monoisotopic (exact) mass is 333 g/mol. The number of carbonyl (C=O) groups is 1. The van der Waals surface area contributed by atoms with Crippen LogP contribution in [0.3, 0.4) is 0 Å². The van der Waals surface area contributed by atoms with Crippen LogP contribution in [0.4, 0.5) is 0 Å². The third-order valence-corrected chi connectivity index (χ3v) is 4.44. The molecule has 0 atom stereocenters. The van der Waals surface area contributed by atoms with Gasteiger partial charge < -0.3 is 5.32 Å². The second kappa shape index (κ2) is 8.15. The van der Waals surface area contributed by atoms with Crippen molar-refractivity contribution in [3.63, 3.8) is 0 Å². The Morgan fingerprint density at radius 2 is 2.09 bits per heavy atom. The van der Waals surface area contributed by atoms with E-state index in [4.69, 9.17) is 0 Å². The van der Waals surface area contributed by atoms with Gasteiger partial charge in [-0.25, -0.2) is 4.98 Å². The van der Waals surface area contributed by atoms with E-state index in [1.54, 1.807) is 10.6 Å². The zero-order valence-electron chi connectivity index (χ0n) is 13.8. The van der Waals surface area contributed by atoms with Gasteiger partial charge in [0.1, 0.15) is 0 Å². The maximum atomic E-state index is 12.7. The molecule has 0 spiro atoms. The molecule has 0 unspecified atom stereocenters. The number of thioether (sulfide) groups is 1. The lowest BCUT2D eigenvalue weighted by Gasteiger charge is -2.14. The molecule has 0 aliphatic carbocycles. The number of rotatable bonds is 7. The molecule has 0 radical (unpaired) electrons. The Morgan fingerprint density at radius 3 is 2.78 bits per heavy atom. The second-order valence-electron chi connectivity index (χ2n) is 5.79. The van der Waals surface area contributed by atoms with Gasteiger partial charge >= 0.3 is 0 Å². The summed E-state index contributed by atoms with van der Waals surface area (Å²) in [6.45, 7) is 7.36. The minimum Gasteiger partial charge on any atom is -0.356 e. The first kappa shape index (κ1) is 17.5. The summed E-state index contributed by atoms with van der Waals surface area (Å²) in [6, 6.07) is 7.35. The van der Waals surface area contributed by atoms with E-state index >= 15 is 0 Å². The Morgan fingerprint density at radius 1 is 1.35 bits per heavy atom. The number of nitrogens with one attached hydrogen (secondary N) is 1. The zero-order valence-corrected chi connectivity index (χ0v) is 14.7. The van der Waals surface area contributed by atoms with Crippen LogP contribution in [-0.2, 0) is 11.3 Å². The molecule has 2 rings (SSSR count). The predicted octanol–water partition coefficient (Wildman–Crippen LogP) is 2.67. The van der Waals surface area contributed by atoms with Gasteiger partial charge in [-0.3, -0.25) is 14.2 Å². The lowest BCUT2D eigenvalue weighted by atomic mass is 10.1. The van der Waals surface area contributed by atoms with Crippen molar-refractivity contribution in [3.8, 4) is 0 Å². The van der Waals surface area contributed by atoms with Crippen LogP contribution >= 0.6 is 11.8 Å². The normalized spacial score (nSPS) is 11.1. The standard InChI is InChI=1S/C17H23N3O2S/c1-4-18-15(21)11-23-17-19-14-8-6-5-7-13(14)16(22)20(17)10-9-12(2)3/h5-8,12H,4,9-11H2,1-3H3,(H,18,21). The maximum Gasteiger partial charge on any atom is 0.262 e. The van der Waals surface area contributed by atoms with E-state index in [0.29, 0.717) is 35.1 Å². The van der Waals surface area contributed by atoms with Gasteiger partial charge in [0.2, 0.25) is 5.91 Å². The van der Waals surface area contributed by atoms with Crippen molar-refractivity contribution in [1.29, 1.82) is 0 Å². The van der Waals surface area contributed by atoms with Crippen molar-refractivity contribution < 1.29 is 4.79 Å². The number of fused-ring (bicyclic) bond motifs is 1. The molecule has 2 aromatic rings. The van der Waals surface area contributed by atoms with E-state index in [2.05, 4.69) is 24.1 Å². The van der Waals surface area contributed by atoms with E-state index in [9.17, 15) is 9.59 Å². The summed E-state index contributed by atoms with van der Waals surface area (Å²) < 4.78 is 1.70. The van der Waals surface area contributed by atoms with E-state index in [0.717, 1.165) is 6.42 Å². The molecule has 124 valence electrons. The molecule has 6 heteroatoms. The molecular formula is C17H23N3O2S. The number of hydrogen-bond donors (Lipinski definition) is 1. The van der Waals surface area contributed by atoms with Crippen molar-refractivity contribution in [1.82, 2.24) is 14.9 Å². The lowest BCUT2D eigenvalue weighted by Crippen LogP contribution is -2.27. The number of aromatic nitrogens is 2. The van der Waals surface area contributed by atoms with Crippen molar-refractivity contribution >= 4 is 28.6 Å². The fraction of sp³-hybridized carbons (Fsp3) is 0.471. The number of amides is 1. The van der Waals surface area contributed by atoms with Crippen LogP contribution in [0.1, 0.15) is 27.2 Å². The average molecular weight is 333 g/mol. The van der Waals surface area contributed by atoms with Gasteiger partial charge in [0.15, 0.2) is 5.16 Å². The Kier molecular flexibility index (Phi) is 6.21. The van der Waals surface area contributed by atoms with Gasteiger partial charge in [-0.1, -0.05) is 37.7 Å². The Labute approximate surface area is 140 Å². The summed E-state index contributed by atoms with van der Waals surface area (Å²) in [6.07, 6.45) is 0.897. The van der Waals surface area contributed by atoms with Crippen LogP contribution in [0.5, 0.6) is 0 Å². The van der Waals surface area contributed by atoms with E-state index in [-0.39, 0.29) is 17.2 Å². The number of hydrogen-bond acceptors (Lipinski definition) is 4. The highest BCUT2D eigenvalue weighted by molar-refractivity contribution is 7.99. The van der Waals surface area contributed by atoms with Gasteiger partial charge in [0.25, 0.3) is 5.56 Å². The quantitative estimate of drug-likeness (QED) is 0.625. The summed E-state index contributed by atoms with van der Waals surface area (Å²) in [5.74, 6) is 0.713. The Balaban J connectivity index is 2.36. The lowest BCUT2D eigenvalue weighted by molar-refractivity contribution is -0.118. The Bertz CT molecular complexity index is 740. The molecule has 0 saturated carbocycles. The molecule has 0 aliphatic heterocycles. The van der Waals surface area contributed by atoms with E-state index < -0.39 is 0 Å². The molecule has 0 bridgehead atoms. The topological polar surface area (TPSA) is 64.0 Å². The number of nitrogens with zero attached hydrogens (tertiary/aromatic N) is 2. The minimum absolute atomic E-state index is 0.0327. The molecular weight excluding hydrogens is 310 g/mol. The van der Waals surface area contributed by atoms with Crippen LogP contribution in [0.15, 0.2) is 34.2 Å². The summed E-state index contributed by atoms with van der Waals surface area (Å²) in [5, 5.41) is 4.00. The molecule has 1 amide bonds. The first-order valence-corrected chi connectivity index (χ1v) is 8.90. The van der Waals surface area contributed by atoms with Gasteiger partial charge in [-0.2, -0.15) is 0 Å². The molecule has 23 heavy (non-hydrogen) atoms. The van der Waals surface area contributed by atoms with Crippen LogP contribution in [-0.4, -0.2) is 27.8 Å². The summed E-state index contributed by atoms with van der Waals surface area (Å²) in [4.78, 5) is 29.0. The number of carbonyl (C=O) groups excluding carboxylic acids is 1. The third kappa shape index (κ3) is 4.58. The minimum atomic E-state index is -0.0460. The first-order chi connectivity index (χ1) is 11.0. The smallest absolute Gasteiger partial charge is 0.262 e. The van der Waals surface area contributed by atoms with E-state index in [1.807, 2.05) is 25.1 Å². The highest BCUT2D eigenvalue weighted by atomic mass is 32.2. The highest BCUT2D eigenvalue weighted by Gasteiger charge is 2.13. The molecule has 1 N–H and O–H groups in total. The van der Waals surface area contributed by atoms with Crippen LogP contribution in [0, 0.1) is 5.92 Å². The van der Waals surface area contributed by atoms with Gasteiger partial charge in [0.05, 0.1) is 16.7 Å². The largest absolute Gasteiger partial charge is 0.356 e. The number of benzene rings is 1. The van der Waals surface area contributed by atoms with Crippen LogP contribution < -0.4 is 10.9 Å². The fourth-order valence-corrected chi connectivity index (χ4v) is 3.08. The van der Waals surface area contributed by atoms with Crippen molar-refractivity contribution in [2.75, 3.05) is 12.3 Å².